The Morgan fingerprint density at radius 3 is 3.00 bits per heavy atom. The number of hydrogen-bond acceptors (Lipinski definition) is 4. The van der Waals surface area contributed by atoms with Gasteiger partial charge in [0, 0.05) is 26.0 Å². The highest BCUT2D eigenvalue weighted by Gasteiger charge is 2.14. The molecule has 0 unspecified atom stereocenters. The third kappa shape index (κ3) is 3.99. The van der Waals surface area contributed by atoms with Crippen LogP contribution in [0.2, 0.25) is 0 Å². The molecule has 2 rings (SSSR count). The maximum atomic E-state index is 11.5. The van der Waals surface area contributed by atoms with Crippen LogP contribution in [0.5, 0.6) is 0 Å². The van der Waals surface area contributed by atoms with E-state index in [9.17, 15) is 4.79 Å². The molecule has 0 atom stereocenters. The van der Waals surface area contributed by atoms with Gasteiger partial charge in [0.25, 0.3) is 0 Å². The highest BCUT2D eigenvalue weighted by molar-refractivity contribution is 5.88. The summed E-state index contributed by atoms with van der Waals surface area (Å²) in [5.74, 6) is 1.02. The van der Waals surface area contributed by atoms with E-state index < -0.39 is 0 Å². The summed E-state index contributed by atoms with van der Waals surface area (Å²) in [5, 5.41) is 5.48. The zero-order valence-corrected chi connectivity index (χ0v) is 9.56. The van der Waals surface area contributed by atoms with Gasteiger partial charge in [-0.25, -0.2) is 14.8 Å². The van der Waals surface area contributed by atoms with Gasteiger partial charge >= 0.3 is 6.03 Å². The lowest BCUT2D eigenvalue weighted by Gasteiger charge is -2.22. The van der Waals surface area contributed by atoms with Crippen LogP contribution in [0, 0.1) is 5.92 Å². The molecule has 1 aliphatic rings. The molecule has 2 heterocycles. The highest BCUT2D eigenvalue weighted by atomic mass is 16.5. The number of nitrogens with one attached hydrogen (secondary N) is 2. The first-order chi connectivity index (χ1) is 8.34. The number of ether oxygens (including phenoxy) is 1. The van der Waals surface area contributed by atoms with Crippen LogP contribution >= 0.6 is 0 Å². The van der Waals surface area contributed by atoms with E-state index in [0.29, 0.717) is 18.3 Å². The molecule has 6 nitrogen and oxygen atoms in total. The number of urea groups is 1. The molecule has 0 radical (unpaired) electrons. The van der Waals surface area contributed by atoms with Gasteiger partial charge in [0.05, 0.1) is 0 Å². The second kappa shape index (κ2) is 6.15. The van der Waals surface area contributed by atoms with Gasteiger partial charge in [0.1, 0.15) is 12.1 Å². The van der Waals surface area contributed by atoms with Crippen LogP contribution in [0.15, 0.2) is 18.6 Å². The van der Waals surface area contributed by atoms with Crippen molar-refractivity contribution in [2.75, 3.05) is 25.1 Å². The molecule has 1 aromatic rings. The van der Waals surface area contributed by atoms with Crippen LogP contribution in [0.4, 0.5) is 10.6 Å². The van der Waals surface area contributed by atoms with E-state index in [0.717, 1.165) is 26.1 Å². The van der Waals surface area contributed by atoms with E-state index in [4.69, 9.17) is 4.74 Å². The van der Waals surface area contributed by atoms with Gasteiger partial charge in [-0.05, 0) is 24.8 Å². The van der Waals surface area contributed by atoms with Crippen molar-refractivity contribution in [2.24, 2.45) is 5.92 Å². The van der Waals surface area contributed by atoms with Crippen LogP contribution in [-0.4, -0.2) is 35.8 Å². The Kier molecular flexibility index (Phi) is 4.26. The van der Waals surface area contributed by atoms with Crippen molar-refractivity contribution in [3.63, 3.8) is 0 Å². The van der Waals surface area contributed by atoms with Crippen LogP contribution in [0.3, 0.4) is 0 Å². The van der Waals surface area contributed by atoms with E-state index in [2.05, 4.69) is 20.6 Å². The van der Waals surface area contributed by atoms with Gasteiger partial charge in [-0.15, -0.1) is 0 Å². The number of anilines is 1. The largest absolute Gasteiger partial charge is 0.381 e. The summed E-state index contributed by atoms with van der Waals surface area (Å²) in [6, 6.07) is 1.42. The molecule has 17 heavy (non-hydrogen) atoms. The SMILES string of the molecule is O=C(NCC1CCOCC1)Nc1ccncn1. The molecule has 1 fully saturated rings. The number of nitrogens with zero attached hydrogens (tertiary/aromatic N) is 2. The molecule has 0 aromatic carbocycles. The van der Waals surface area contributed by atoms with Crippen molar-refractivity contribution in [3.8, 4) is 0 Å². The lowest BCUT2D eigenvalue weighted by molar-refractivity contribution is 0.0671. The van der Waals surface area contributed by atoms with Gasteiger partial charge in [-0.3, -0.25) is 5.32 Å². The summed E-state index contributed by atoms with van der Waals surface area (Å²) in [7, 11) is 0. The summed E-state index contributed by atoms with van der Waals surface area (Å²) in [4.78, 5) is 19.2. The molecule has 1 aromatic heterocycles. The minimum atomic E-state index is -0.227. The number of carbonyl (C=O) groups is 1. The van der Waals surface area contributed by atoms with Gasteiger partial charge in [-0.2, -0.15) is 0 Å². The summed E-state index contributed by atoms with van der Waals surface area (Å²) in [6.45, 7) is 2.26. The van der Waals surface area contributed by atoms with Crippen molar-refractivity contribution in [3.05, 3.63) is 18.6 Å². The monoisotopic (exact) mass is 236 g/mol. The van der Waals surface area contributed by atoms with Crippen LogP contribution in [0.25, 0.3) is 0 Å². The minimum absolute atomic E-state index is 0.227. The minimum Gasteiger partial charge on any atom is -0.381 e. The normalized spacial score (nSPS) is 16.5. The van der Waals surface area contributed by atoms with Crippen molar-refractivity contribution < 1.29 is 9.53 Å². The van der Waals surface area contributed by atoms with Crippen molar-refractivity contribution in [2.45, 2.75) is 12.8 Å². The molecule has 92 valence electrons. The molecule has 2 amide bonds. The van der Waals surface area contributed by atoms with Gasteiger partial charge in [0.15, 0.2) is 0 Å². The molecule has 1 aliphatic heterocycles. The van der Waals surface area contributed by atoms with Crippen molar-refractivity contribution in [1.82, 2.24) is 15.3 Å². The van der Waals surface area contributed by atoms with Gasteiger partial charge in [-0.1, -0.05) is 0 Å². The molecule has 1 saturated heterocycles. The van der Waals surface area contributed by atoms with Crippen molar-refractivity contribution >= 4 is 11.8 Å². The fourth-order valence-corrected chi connectivity index (χ4v) is 1.71. The topological polar surface area (TPSA) is 76.1 Å². The predicted molar refractivity (Wildman–Crippen MR) is 62.6 cm³/mol. The summed E-state index contributed by atoms with van der Waals surface area (Å²) in [5.41, 5.74) is 0. The molecule has 0 saturated carbocycles. The lowest BCUT2D eigenvalue weighted by Crippen LogP contribution is -2.35. The Morgan fingerprint density at radius 1 is 1.47 bits per heavy atom. The smallest absolute Gasteiger partial charge is 0.320 e. The number of carbonyl (C=O) groups excluding carboxylic acids is 1. The van der Waals surface area contributed by atoms with Crippen LogP contribution in [0.1, 0.15) is 12.8 Å². The average Bonchev–Trinajstić information content (AvgIpc) is 2.39. The van der Waals surface area contributed by atoms with E-state index in [1.807, 2.05) is 0 Å². The molecule has 2 N–H and O–H groups in total. The average molecular weight is 236 g/mol. The first-order valence-electron chi connectivity index (χ1n) is 5.73. The second-order valence-electron chi connectivity index (χ2n) is 3.99. The third-order valence-corrected chi connectivity index (χ3v) is 2.72. The summed E-state index contributed by atoms with van der Waals surface area (Å²) >= 11 is 0. The number of hydrogen-bond donors (Lipinski definition) is 2. The van der Waals surface area contributed by atoms with Crippen LogP contribution < -0.4 is 10.6 Å². The number of rotatable bonds is 3. The number of amides is 2. The Balaban J connectivity index is 1.70. The maximum Gasteiger partial charge on any atom is 0.320 e. The first kappa shape index (κ1) is 11.8. The Bertz CT molecular complexity index is 352. The predicted octanol–water partition coefficient (Wildman–Crippen LogP) is 1.02. The van der Waals surface area contributed by atoms with E-state index in [1.165, 1.54) is 6.33 Å². The van der Waals surface area contributed by atoms with Crippen LogP contribution in [-0.2, 0) is 4.74 Å². The molecule has 6 heteroatoms. The zero-order chi connectivity index (χ0) is 11.9. The second-order valence-corrected chi connectivity index (χ2v) is 3.99. The molecular weight excluding hydrogens is 220 g/mol. The first-order valence-corrected chi connectivity index (χ1v) is 5.73. The Hall–Kier alpha value is -1.69. The molecule has 0 spiro atoms. The zero-order valence-electron chi connectivity index (χ0n) is 9.56. The van der Waals surface area contributed by atoms with Gasteiger partial charge in [0.2, 0.25) is 0 Å². The molecular formula is C11H16N4O2. The molecule has 0 bridgehead atoms. The maximum absolute atomic E-state index is 11.5. The lowest BCUT2D eigenvalue weighted by atomic mass is 10.0. The van der Waals surface area contributed by atoms with E-state index in [1.54, 1.807) is 12.3 Å². The Labute approximate surface area is 99.8 Å². The number of aromatic nitrogens is 2. The van der Waals surface area contributed by atoms with Crippen molar-refractivity contribution in [1.29, 1.82) is 0 Å². The fourth-order valence-electron chi connectivity index (χ4n) is 1.71. The highest BCUT2D eigenvalue weighted by Crippen LogP contribution is 2.13. The molecule has 0 aliphatic carbocycles. The third-order valence-electron chi connectivity index (χ3n) is 2.72. The van der Waals surface area contributed by atoms with E-state index in [-0.39, 0.29) is 6.03 Å². The Morgan fingerprint density at radius 2 is 2.29 bits per heavy atom. The fraction of sp³-hybridized carbons (Fsp3) is 0.545. The quantitative estimate of drug-likeness (QED) is 0.821. The summed E-state index contributed by atoms with van der Waals surface area (Å²) in [6.07, 6.45) is 5.00. The van der Waals surface area contributed by atoms with E-state index >= 15 is 0 Å². The van der Waals surface area contributed by atoms with Gasteiger partial charge < -0.3 is 10.1 Å². The standard InChI is InChI=1S/C11H16N4O2/c16-11(15-10-1-4-12-8-14-10)13-7-9-2-5-17-6-3-9/h1,4,8-9H,2-3,5-7H2,(H2,12,13,14,15,16). The summed E-state index contributed by atoms with van der Waals surface area (Å²) < 4.78 is 5.26.